The fourth-order valence-corrected chi connectivity index (χ4v) is 3.32. The van der Waals surface area contributed by atoms with Gasteiger partial charge in [0.25, 0.3) is 0 Å². The summed E-state index contributed by atoms with van der Waals surface area (Å²) in [4.78, 5) is 30.0. The summed E-state index contributed by atoms with van der Waals surface area (Å²) in [6.07, 6.45) is 8.20. The van der Waals surface area contributed by atoms with Gasteiger partial charge in [-0.15, -0.1) is 0 Å². The molecule has 0 saturated carbocycles. The van der Waals surface area contributed by atoms with Crippen molar-refractivity contribution in [2.75, 3.05) is 23.0 Å². The second-order valence-electron chi connectivity index (χ2n) is 6.43. The van der Waals surface area contributed by atoms with Crippen molar-refractivity contribution in [1.82, 2.24) is 15.0 Å². The largest absolute Gasteiger partial charge is 0.381 e. The predicted molar refractivity (Wildman–Crippen MR) is 107 cm³/mol. The molecule has 0 unspecified atom stereocenters. The van der Waals surface area contributed by atoms with Gasteiger partial charge in [-0.05, 0) is 43.2 Å². The second kappa shape index (κ2) is 8.58. The van der Waals surface area contributed by atoms with Gasteiger partial charge in [0.15, 0.2) is 0 Å². The molecule has 0 aliphatic carbocycles. The van der Waals surface area contributed by atoms with Crippen molar-refractivity contribution in [2.45, 2.75) is 18.9 Å². The molecule has 1 aromatic carbocycles. The van der Waals surface area contributed by atoms with Gasteiger partial charge in [-0.25, -0.2) is 19.7 Å². The topological polar surface area (TPSA) is 71.5 Å². The van der Waals surface area contributed by atoms with E-state index in [0.717, 1.165) is 18.5 Å². The Morgan fingerprint density at radius 2 is 1.61 bits per heavy atom. The van der Waals surface area contributed by atoms with Gasteiger partial charge >= 0.3 is 6.03 Å². The number of carbonyl (C=O) groups excluding carboxylic acids is 1. The number of para-hydroxylation sites is 1. The van der Waals surface area contributed by atoms with Crippen molar-refractivity contribution in [3.8, 4) is 0 Å². The number of anilines is 3. The number of carbonyl (C=O) groups is 1. The minimum atomic E-state index is -0.211. The van der Waals surface area contributed by atoms with Crippen molar-refractivity contribution in [3.05, 3.63) is 73.3 Å². The number of nitrogens with zero attached hydrogens (tertiary/aromatic N) is 5. The van der Waals surface area contributed by atoms with Crippen LogP contribution in [0.15, 0.2) is 73.3 Å². The van der Waals surface area contributed by atoms with E-state index in [1.54, 1.807) is 40.7 Å². The summed E-state index contributed by atoms with van der Waals surface area (Å²) in [5.41, 5.74) is 1.45. The zero-order valence-electron chi connectivity index (χ0n) is 15.4. The summed E-state index contributed by atoms with van der Waals surface area (Å²) in [6.45, 7) is 1.25. The number of rotatable bonds is 4. The normalized spacial score (nSPS) is 14.4. The lowest BCUT2D eigenvalue weighted by Gasteiger charge is -2.37. The Morgan fingerprint density at radius 3 is 2.29 bits per heavy atom. The van der Waals surface area contributed by atoms with Gasteiger partial charge in [0, 0.05) is 37.8 Å². The lowest BCUT2D eigenvalue weighted by Crippen LogP contribution is -2.49. The number of pyridine rings is 1. The molecule has 0 N–H and O–H groups in total. The van der Waals surface area contributed by atoms with Crippen molar-refractivity contribution >= 4 is 23.4 Å². The number of benzene rings is 1. The number of aromatic nitrogens is 3. The first-order chi connectivity index (χ1) is 13.8. The third kappa shape index (κ3) is 3.84. The Balaban J connectivity index is 1.77. The molecule has 1 aliphatic rings. The standard InChI is InChI=1S/C21H21N5O2/c27-21(25(18-9-14-28-15-10-18)19-8-4-11-22-16-19)26(17-6-2-1-3-7-17)20-23-12-5-13-24-20/h1-8,11-13,16,18H,9-10,14-15H2. The summed E-state index contributed by atoms with van der Waals surface area (Å²) in [5, 5.41) is 0. The Hall–Kier alpha value is -3.32. The average Bonchev–Trinajstić information content (AvgIpc) is 2.77. The summed E-state index contributed by atoms with van der Waals surface area (Å²) < 4.78 is 5.50. The molecule has 0 radical (unpaired) electrons. The van der Waals surface area contributed by atoms with Gasteiger partial charge in [-0.2, -0.15) is 0 Å². The molecule has 142 valence electrons. The molecule has 1 aliphatic heterocycles. The second-order valence-corrected chi connectivity index (χ2v) is 6.43. The van der Waals surface area contributed by atoms with Crippen LogP contribution < -0.4 is 9.80 Å². The highest BCUT2D eigenvalue weighted by Gasteiger charge is 2.33. The predicted octanol–water partition coefficient (Wildman–Crippen LogP) is 3.82. The van der Waals surface area contributed by atoms with Crippen LogP contribution in [-0.2, 0) is 4.74 Å². The molecule has 4 rings (SSSR count). The molecule has 1 saturated heterocycles. The summed E-state index contributed by atoms with van der Waals surface area (Å²) >= 11 is 0. The van der Waals surface area contributed by atoms with E-state index >= 15 is 0 Å². The summed E-state index contributed by atoms with van der Waals surface area (Å²) in [7, 11) is 0. The number of hydrogen-bond acceptors (Lipinski definition) is 5. The average molecular weight is 375 g/mol. The lowest BCUT2D eigenvalue weighted by atomic mass is 10.1. The Bertz CT molecular complexity index is 847. The number of amides is 2. The lowest BCUT2D eigenvalue weighted by molar-refractivity contribution is 0.0858. The van der Waals surface area contributed by atoms with Crippen LogP contribution in [0.3, 0.4) is 0 Å². The Morgan fingerprint density at radius 1 is 0.893 bits per heavy atom. The van der Waals surface area contributed by atoms with E-state index < -0.39 is 0 Å². The van der Waals surface area contributed by atoms with Crippen molar-refractivity contribution in [3.63, 3.8) is 0 Å². The molecule has 2 amide bonds. The highest BCUT2D eigenvalue weighted by atomic mass is 16.5. The minimum Gasteiger partial charge on any atom is -0.381 e. The van der Waals surface area contributed by atoms with E-state index in [1.807, 2.05) is 42.5 Å². The smallest absolute Gasteiger partial charge is 0.336 e. The molecule has 7 heteroatoms. The third-order valence-electron chi connectivity index (χ3n) is 4.64. The fraction of sp³-hybridized carbons (Fsp3) is 0.238. The molecule has 1 fully saturated rings. The molecule has 0 atom stereocenters. The molecular weight excluding hydrogens is 354 g/mol. The SMILES string of the molecule is O=C(N(c1ccccc1)c1ncccn1)N(c1cccnc1)C1CCOCC1. The molecular formula is C21H21N5O2. The van der Waals surface area contributed by atoms with Crippen molar-refractivity contribution in [1.29, 1.82) is 0 Å². The van der Waals surface area contributed by atoms with E-state index in [2.05, 4.69) is 15.0 Å². The van der Waals surface area contributed by atoms with Gasteiger partial charge in [-0.1, -0.05) is 18.2 Å². The maximum Gasteiger partial charge on any atom is 0.336 e. The maximum absolute atomic E-state index is 13.8. The fourth-order valence-electron chi connectivity index (χ4n) is 3.32. The highest BCUT2D eigenvalue weighted by Crippen LogP contribution is 2.29. The summed E-state index contributed by atoms with van der Waals surface area (Å²) in [6, 6.07) is 14.7. The first kappa shape index (κ1) is 18.1. The van der Waals surface area contributed by atoms with Crippen LogP contribution in [0.1, 0.15) is 12.8 Å². The Kier molecular flexibility index (Phi) is 5.53. The molecule has 0 bridgehead atoms. The quantitative estimate of drug-likeness (QED) is 0.693. The van der Waals surface area contributed by atoms with E-state index in [4.69, 9.17) is 4.74 Å². The van der Waals surface area contributed by atoms with E-state index in [1.165, 1.54) is 0 Å². The molecule has 2 aromatic heterocycles. The van der Waals surface area contributed by atoms with Gasteiger partial charge < -0.3 is 4.74 Å². The Labute approximate surface area is 163 Å². The molecule has 3 heterocycles. The van der Waals surface area contributed by atoms with Crippen LogP contribution in [-0.4, -0.2) is 40.2 Å². The van der Waals surface area contributed by atoms with Gasteiger partial charge in [-0.3, -0.25) is 9.88 Å². The zero-order valence-corrected chi connectivity index (χ0v) is 15.4. The molecule has 3 aromatic rings. The molecule has 28 heavy (non-hydrogen) atoms. The van der Waals surface area contributed by atoms with Crippen LogP contribution in [0.25, 0.3) is 0 Å². The molecule has 7 nitrogen and oxygen atoms in total. The molecule has 0 spiro atoms. The van der Waals surface area contributed by atoms with Crippen LogP contribution in [0, 0.1) is 0 Å². The maximum atomic E-state index is 13.8. The van der Waals surface area contributed by atoms with Crippen molar-refractivity contribution in [2.24, 2.45) is 0 Å². The highest BCUT2D eigenvalue weighted by molar-refractivity contribution is 6.07. The number of ether oxygens (including phenoxy) is 1. The monoisotopic (exact) mass is 375 g/mol. The van der Waals surface area contributed by atoms with Crippen LogP contribution in [0.2, 0.25) is 0 Å². The van der Waals surface area contributed by atoms with E-state index in [-0.39, 0.29) is 12.1 Å². The van der Waals surface area contributed by atoms with Crippen molar-refractivity contribution < 1.29 is 9.53 Å². The zero-order chi connectivity index (χ0) is 19.2. The van der Waals surface area contributed by atoms with E-state index in [0.29, 0.717) is 24.8 Å². The van der Waals surface area contributed by atoms with Crippen LogP contribution in [0.5, 0.6) is 0 Å². The first-order valence-corrected chi connectivity index (χ1v) is 9.28. The third-order valence-corrected chi connectivity index (χ3v) is 4.64. The van der Waals surface area contributed by atoms with Crippen LogP contribution >= 0.6 is 0 Å². The first-order valence-electron chi connectivity index (χ1n) is 9.28. The minimum absolute atomic E-state index is 0.0142. The summed E-state index contributed by atoms with van der Waals surface area (Å²) in [5.74, 6) is 0.333. The number of urea groups is 1. The van der Waals surface area contributed by atoms with Gasteiger partial charge in [0.2, 0.25) is 5.95 Å². The van der Waals surface area contributed by atoms with Gasteiger partial charge in [0.1, 0.15) is 0 Å². The van der Waals surface area contributed by atoms with Gasteiger partial charge in [0.05, 0.1) is 17.6 Å². The van der Waals surface area contributed by atoms with Crippen LogP contribution in [0.4, 0.5) is 22.1 Å². The van der Waals surface area contributed by atoms with E-state index in [9.17, 15) is 4.79 Å². The number of hydrogen-bond donors (Lipinski definition) is 0.